The summed E-state index contributed by atoms with van der Waals surface area (Å²) in [6.07, 6.45) is 15.2. The average Bonchev–Trinajstić information content (AvgIpc) is 3.38. The molecule has 5 rings (SSSR count). The summed E-state index contributed by atoms with van der Waals surface area (Å²) >= 11 is 0. The van der Waals surface area contributed by atoms with E-state index in [1.807, 2.05) is 4.90 Å². The molecule has 0 aromatic heterocycles. The lowest BCUT2D eigenvalue weighted by atomic mass is 9.81. The van der Waals surface area contributed by atoms with Gasteiger partial charge >= 0.3 is 0 Å². The fraction of sp³-hybridized carbons (Fsp3) is 0.463. The Morgan fingerprint density at radius 1 is 0.935 bits per heavy atom. The minimum atomic E-state index is -0.105. The number of para-hydroxylation sites is 2. The van der Waals surface area contributed by atoms with Gasteiger partial charge in [-0.2, -0.15) is 4.58 Å². The van der Waals surface area contributed by atoms with E-state index >= 15 is 0 Å². The van der Waals surface area contributed by atoms with E-state index in [2.05, 4.69) is 124 Å². The normalized spacial score (nSPS) is 20.3. The first-order valence-electron chi connectivity index (χ1n) is 17.5. The van der Waals surface area contributed by atoms with Gasteiger partial charge in [-0.3, -0.25) is 4.79 Å². The summed E-state index contributed by atoms with van der Waals surface area (Å²) in [7, 11) is 0. The molecule has 0 radical (unpaired) electrons. The number of anilines is 1. The van der Waals surface area contributed by atoms with E-state index in [9.17, 15) is 4.79 Å². The van der Waals surface area contributed by atoms with Crippen LogP contribution in [0.25, 0.3) is 0 Å². The van der Waals surface area contributed by atoms with Crippen molar-refractivity contribution in [2.45, 2.75) is 97.8 Å². The second-order valence-corrected chi connectivity index (χ2v) is 14.1. The lowest BCUT2D eigenvalue weighted by Gasteiger charge is -2.32. The van der Waals surface area contributed by atoms with E-state index in [-0.39, 0.29) is 16.7 Å². The van der Waals surface area contributed by atoms with E-state index < -0.39 is 0 Å². The van der Waals surface area contributed by atoms with Crippen molar-refractivity contribution in [2.75, 3.05) is 31.1 Å². The molecule has 1 aliphatic carbocycles. The highest BCUT2D eigenvalue weighted by molar-refractivity contribution is 6.03. The molecule has 0 saturated heterocycles. The number of nitrogens with zero attached hydrogens (tertiary/aromatic N) is 3. The fourth-order valence-electron chi connectivity index (χ4n) is 7.83. The topological polar surface area (TPSA) is 52.6 Å². The third-order valence-electron chi connectivity index (χ3n) is 10.1. The number of rotatable bonds is 11. The van der Waals surface area contributed by atoms with Crippen molar-refractivity contribution in [1.82, 2.24) is 4.90 Å². The molecule has 3 aliphatic rings. The third-order valence-corrected chi connectivity index (χ3v) is 10.1. The van der Waals surface area contributed by atoms with Crippen molar-refractivity contribution in [1.29, 1.82) is 0 Å². The van der Waals surface area contributed by atoms with E-state index in [1.54, 1.807) is 6.92 Å². The number of allylic oxidation sites excluding steroid dienone is 7. The van der Waals surface area contributed by atoms with Gasteiger partial charge in [-0.25, -0.2) is 0 Å². The zero-order chi connectivity index (χ0) is 33.1. The molecule has 5 heteroatoms. The van der Waals surface area contributed by atoms with Crippen LogP contribution in [0.1, 0.15) is 98.1 Å². The van der Waals surface area contributed by atoms with Crippen LogP contribution in [0.5, 0.6) is 0 Å². The summed E-state index contributed by atoms with van der Waals surface area (Å²) in [5.41, 5.74) is 17.3. The molecule has 2 heterocycles. The minimum Gasteiger partial charge on any atom is -0.344 e. The molecular weight excluding hydrogens is 564 g/mol. The molecule has 2 aromatic carbocycles. The van der Waals surface area contributed by atoms with Crippen molar-refractivity contribution in [3.8, 4) is 0 Å². The van der Waals surface area contributed by atoms with Gasteiger partial charge in [-0.1, -0.05) is 76.2 Å². The van der Waals surface area contributed by atoms with Gasteiger partial charge in [0, 0.05) is 66.6 Å². The first kappa shape index (κ1) is 33.7. The van der Waals surface area contributed by atoms with Crippen LogP contribution in [0.2, 0.25) is 0 Å². The number of hydrogen-bond acceptors (Lipinski definition) is 3. The minimum absolute atomic E-state index is 0.0740. The van der Waals surface area contributed by atoms with E-state index in [1.165, 1.54) is 45.1 Å². The van der Waals surface area contributed by atoms with Crippen LogP contribution < -0.4 is 10.6 Å². The number of hydrogen-bond donors (Lipinski definition) is 1. The van der Waals surface area contributed by atoms with Gasteiger partial charge in [-0.05, 0) is 81.3 Å². The van der Waals surface area contributed by atoms with Crippen LogP contribution in [-0.4, -0.2) is 47.3 Å². The molecule has 0 unspecified atom stereocenters. The Hall–Kier alpha value is -3.70. The molecule has 1 amide bonds. The zero-order valence-electron chi connectivity index (χ0n) is 29.3. The number of carbonyl (C=O) groups excluding carboxylic acids is 1. The summed E-state index contributed by atoms with van der Waals surface area (Å²) < 4.78 is 2.50. The number of nitrogens with two attached hydrogens (primary N) is 1. The molecule has 5 nitrogen and oxygen atoms in total. The monoisotopic (exact) mass is 619 g/mol. The van der Waals surface area contributed by atoms with Gasteiger partial charge in [0.05, 0.1) is 5.41 Å². The van der Waals surface area contributed by atoms with Gasteiger partial charge in [0.1, 0.15) is 6.54 Å². The fourth-order valence-corrected chi connectivity index (χ4v) is 7.83. The Labute approximate surface area is 277 Å². The summed E-state index contributed by atoms with van der Waals surface area (Å²) in [4.78, 5) is 17.8. The Kier molecular flexibility index (Phi) is 10.2. The second kappa shape index (κ2) is 14.0. The standard InChI is InChI=1S/C41H55N4O/c1-8-27-44-35-20-12-10-18-33(35)40(4,5)37(44)24-22-31-16-14-17-32(39(31)43(30(3)46)29-15-26-42)23-25-38-41(6,7)34-19-11-13-21-36(34)45(38)28-9-2/h10-13,18-25H,8-9,14-17,26-29,42H2,1-7H3/q+1. The lowest BCUT2D eigenvalue weighted by Crippen LogP contribution is -2.33. The number of benzene rings is 2. The van der Waals surface area contributed by atoms with Crippen LogP contribution in [0, 0.1) is 0 Å². The summed E-state index contributed by atoms with van der Waals surface area (Å²) in [6.45, 7) is 18.7. The van der Waals surface area contributed by atoms with Crippen LogP contribution in [0.3, 0.4) is 0 Å². The quantitative estimate of drug-likeness (QED) is 0.256. The number of fused-ring (bicyclic) bond motifs is 2. The van der Waals surface area contributed by atoms with Crippen LogP contribution in [0.15, 0.2) is 95.4 Å². The molecular formula is C41H55N4O+. The van der Waals surface area contributed by atoms with Gasteiger partial charge in [0.2, 0.25) is 11.6 Å². The van der Waals surface area contributed by atoms with Crippen molar-refractivity contribution < 1.29 is 9.37 Å². The van der Waals surface area contributed by atoms with Crippen LogP contribution in [0.4, 0.5) is 11.4 Å². The highest BCUT2D eigenvalue weighted by Gasteiger charge is 2.44. The third kappa shape index (κ3) is 6.19. The Bertz CT molecular complexity index is 1620. The molecule has 244 valence electrons. The predicted octanol–water partition coefficient (Wildman–Crippen LogP) is 8.68. The summed E-state index contributed by atoms with van der Waals surface area (Å²) in [5.74, 6) is 0.0740. The lowest BCUT2D eigenvalue weighted by molar-refractivity contribution is -0.437. The Morgan fingerprint density at radius 3 is 2.35 bits per heavy atom. The van der Waals surface area contributed by atoms with Crippen molar-refractivity contribution in [3.63, 3.8) is 0 Å². The maximum Gasteiger partial charge on any atom is 0.223 e. The smallest absolute Gasteiger partial charge is 0.223 e. The van der Waals surface area contributed by atoms with Crippen molar-refractivity contribution >= 4 is 23.0 Å². The number of carbonyl (C=O) groups is 1. The first-order valence-corrected chi connectivity index (χ1v) is 17.5. The molecule has 0 spiro atoms. The van der Waals surface area contributed by atoms with Crippen molar-refractivity contribution in [3.05, 3.63) is 107 Å². The molecule has 0 bridgehead atoms. The largest absolute Gasteiger partial charge is 0.344 e. The highest BCUT2D eigenvalue weighted by atomic mass is 16.2. The second-order valence-electron chi connectivity index (χ2n) is 14.1. The molecule has 0 saturated carbocycles. The van der Waals surface area contributed by atoms with E-state index in [4.69, 9.17) is 5.73 Å². The maximum absolute atomic E-state index is 13.3. The highest BCUT2D eigenvalue weighted by Crippen LogP contribution is 2.48. The maximum atomic E-state index is 13.3. The van der Waals surface area contributed by atoms with E-state index in [0.717, 1.165) is 57.3 Å². The zero-order valence-corrected chi connectivity index (χ0v) is 29.3. The summed E-state index contributed by atoms with van der Waals surface area (Å²) in [5, 5.41) is 0. The van der Waals surface area contributed by atoms with Gasteiger partial charge in [0.25, 0.3) is 0 Å². The van der Waals surface area contributed by atoms with Gasteiger partial charge in [0.15, 0.2) is 5.71 Å². The summed E-state index contributed by atoms with van der Waals surface area (Å²) in [6, 6.07) is 17.6. The van der Waals surface area contributed by atoms with Crippen LogP contribution >= 0.6 is 0 Å². The molecule has 2 aliphatic heterocycles. The van der Waals surface area contributed by atoms with E-state index in [0.29, 0.717) is 13.1 Å². The Morgan fingerprint density at radius 2 is 1.65 bits per heavy atom. The van der Waals surface area contributed by atoms with Crippen molar-refractivity contribution in [2.24, 2.45) is 5.73 Å². The average molecular weight is 620 g/mol. The number of amides is 1. The van der Waals surface area contributed by atoms with Gasteiger partial charge in [-0.15, -0.1) is 0 Å². The molecule has 46 heavy (non-hydrogen) atoms. The molecule has 2 N–H and O–H groups in total. The predicted molar refractivity (Wildman–Crippen MR) is 194 cm³/mol. The molecule has 0 fully saturated rings. The molecule has 0 atom stereocenters. The first-order chi connectivity index (χ1) is 22.1. The Balaban J connectivity index is 1.64. The van der Waals surface area contributed by atoms with Crippen LogP contribution in [-0.2, 0) is 15.6 Å². The molecule has 2 aromatic rings. The SMILES string of the molecule is CCCN1/C(=C/C=C2\CCCC(/C=C/C3=[N+](CCC)c4ccccc4C3(C)C)=C2N(CCCN)C(C)=O)C(C)(C)c2ccccc21. The van der Waals surface area contributed by atoms with Gasteiger partial charge < -0.3 is 15.5 Å².